The van der Waals surface area contributed by atoms with E-state index in [1.807, 2.05) is 48.2 Å². The summed E-state index contributed by atoms with van der Waals surface area (Å²) >= 11 is 0. The third-order valence-corrected chi connectivity index (χ3v) is 6.23. The lowest BCUT2D eigenvalue weighted by Gasteiger charge is -2.39. The number of anilines is 3. The predicted molar refractivity (Wildman–Crippen MR) is 137 cm³/mol. The monoisotopic (exact) mass is 484 g/mol. The molecule has 182 valence electrons. The SMILES string of the molecule is CCOC(=O)c1cc2c(C)ccc3c2c(n1)N(c1ccc(OC)cc1)C(c1ccc([N+](=O)[O-])cc1)N3. The summed E-state index contributed by atoms with van der Waals surface area (Å²) in [6.45, 7) is 3.98. The molecule has 0 saturated carbocycles. The van der Waals surface area contributed by atoms with Crippen molar-refractivity contribution in [2.24, 2.45) is 0 Å². The number of hydrogen-bond acceptors (Lipinski definition) is 8. The van der Waals surface area contributed by atoms with Gasteiger partial charge in [-0.3, -0.25) is 10.1 Å². The van der Waals surface area contributed by atoms with Gasteiger partial charge in [0.1, 0.15) is 17.7 Å². The van der Waals surface area contributed by atoms with Crippen molar-refractivity contribution in [3.63, 3.8) is 0 Å². The molecule has 9 nitrogen and oxygen atoms in total. The van der Waals surface area contributed by atoms with Crippen molar-refractivity contribution in [1.29, 1.82) is 0 Å². The van der Waals surface area contributed by atoms with E-state index >= 15 is 0 Å². The van der Waals surface area contributed by atoms with Crippen LogP contribution in [0.5, 0.6) is 5.75 Å². The molecule has 0 bridgehead atoms. The highest BCUT2D eigenvalue weighted by atomic mass is 16.6. The third-order valence-electron chi connectivity index (χ3n) is 6.23. The van der Waals surface area contributed by atoms with Crippen molar-refractivity contribution >= 4 is 39.6 Å². The number of benzene rings is 3. The van der Waals surface area contributed by atoms with Gasteiger partial charge in [-0.25, -0.2) is 9.78 Å². The van der Waals surface area contributed by atoms with Gasteiger partial charge in [-0.05, 0) is 78.9 Å². The number of rotatable bonds is 6. The number of aromatic nitrogens is 1. The predicted octanol–water partition coefficient (Wildman–Crippen LogP) is 5.90. The fourth-order valence-corrected chi connectivity index (χ4v) is 4.45. The number of aryl methyl sites for hydroxylation is 1. The average molecular weight is 485 g/mol. The first-order valence-corrected chi connectivity index (χ1v) is 11.5. The second-order valence-electron chi connectivity index (χ2n) is 8.37. The van der Waals surface area contributed by atoms with E-state index in [1.54, 1.807) is 32.2 Å². The van der Waals surface area contributed by atoms with Gasteiger partial charge >= 0.3 is 5.97 Å². The number of non-ortho nitro benzene ring substituents is 1. The van der Waals surface area contributed by atoms with Crippen molar-refractivity contribution in [2.45, 2.75) is 20.0 Å². The fraction of sp³-hybridized carbons (Fsp3) is 0.185. The molecule has 0 amide bonds. The van der Waals surface area contributed by atoms with Crippen LogP contribution >= 0.6 is 0 Å². The Balaban J connectivity index is 1.76. The Morgan fingerprint density at radius 3 is 2.47 bits per heavy atom. The van der Waals surface area contributed by atoms with E-state index in [2.05, 4.69) is 5.32 Å². The van der Waals surface area contributed by atoms with E-state index in [1.165, 1.54) is 12.1 Å². The lowest BCUT2D eigenvalue weighted by Crippen LogP contribution is -2.34. The van der Waals surface area contributed by atoms with Crippen molar-refractivity contribution in [1.82, 2.24) is 4.98 Å². The summed E-state index contributed by atoms with van der Waals surface area (Å²) < 4.78 is 10.6. The van der Waals surface area contributed by atoms with E-state index in [0.717, 1.165) is 33.3 Å². The van der Waals surface area contributed by atoms with Gasteiger partial charge in [0.2, 0.25) is 0 Å². The number of carbonyl (C=O) groups is 1. The number of esters is 1. The molecule has 0 saturated heterocycles. The Hall–Kier alpha value is -4.66. The summed E-state index contributed by atoms with van der Waals surface area (Å²) in [6.07, 6.45) is -0.456. The maximum Gasteiger partial charge on any atom is 0.357 e. The Kier molecular flexibility index (Phi) is 5.89. The van der Waals surface area contributed by atoms with E-state index in [4.69, 9.17) is 14.5 Å². The van der Waals surface area contributed by atoms with E-state index in [9.17, 15) is 14.9 Å². The smallest absolute Gasteiger partial charge is 0.357 e. The number of nitrogens with zero attached hydrogens (tertiary/aromatic N) is 3. The molecule has 1 unspecified atom stereocenters. The Bertz CT molecular complexity index is 1470. The topological polar surface area (TPSA) is 107 Å². The lowest BCUT2D eigenvalue weighted by atomic mass is 9.98. The number of hydrogen-bond donors (Lipinski definition) is 1. The molecule has 1 aliphatic rings. The molecule has 0 radical (unpaired) electrons. The second-order valence-corrected chi connectivity index (χ2v) is 8.37. The Morgan fingerprint density at radius 2 is 1.83 bits per heavy atom. The van der Waals surface area contributed by atoms with Crippen LogP contribution in [0.1, 0.15) is 34.7 Å². The van der Waals surface area contributed by atoms with Gasteiger partial charge < -0.3 is 19.7 Å². The molecule has 2 heterocycles. The molecule has 1 atom stereocenters. The van der Waals surface area contributed by atoms with Crippen LogP contribution in [0, 0.1) is 17.0 Å². The van der Waals surface area contributed by atoms with Gasteiger partial charge in [-0.1, -0.05) is 6.07 Å². The van der Waals surface area contributed by atoms with Crippen LogP contribution < -0.4 is 15.0 Å². The Morgan fingerprint density at radius 1 is 1.11 bits per heavy atom. The quantitative estimate of drug-likeness (QED) is 0.205. The molecular weight excluding hydrogens is 460 g/mol. The van der Waals surface area contributed by atoms with Crippen LogP contribution in [0.15, 0.2) is 66.7 Å². The minimum Gasteiger partial charge on any atom is -0.497 e. The first-order valence-electron chi connectivity index (χ1n) is 11.5. The highest BCUT2D eigenvalue weighted by Crippen LogP contribution is 2.46. The normalized spacial score (nSPS) is 14.3. The third kappa shape index (κ3) is 3.94. The molecule has 1 aliphatic heterocycles. The van der Waals surface area contributed by atoms with Gasteiger partial charge in [-0.2, -0.15) is 0 Å². The number of carbonyl (C=O) groups excluding carboxylic acids is 1. The maximum absolute atomic E-state index is 12.8. The van der Waals surface area contributed by atoms with Gasteiger partial charge in [0.25, 0.3) is 5.69 Å². The molecule has 0 spiro atoms. The highest BCUT2D eigenvalue weighted by molar-refractivity contribution is 6.08. The summed E-state index contributed by atoms with van der Waals surface area (Å²) in [5.74, 6) is 0.785. The summed E-state index contributed by atoms with van der Waals surface area (Å²) in [4.78, 5) is 30.3. The zero-order valence-corrected chi connectivity index (χ0v) is 20.0. The molecule has 1 N–H and O–H groups in total. The van der Waals surface area contributed by atoms with E-state index in [0.29, 0.717) is 11.6 Å². The van der Waals surface area contributed by atoms with E-state index in [-0.39, 0.29) is 18.0 Å². The molecule has 3 aromatic carbocycles. The molecule has 0 aliphatic carbocycles. The summed E-state index contributed by atoms with van der Waals surface area (Å²) in [7, 11) is 1.60. The van der Waals surface area contributed by atoms with Crippen molar-refractivity contribution in [3.8, 4) is 5.75 Å². The summed E-state index contributed by atoms with van der Waals surface area (Å²) in [5, 5.41) is 16.6. The van der Waals surface area contributed by atoms with Gasteiger partial charge in [-0.15, -0.1) is 0 Å². The minimum atomic E-state index is -0.499. The molecule has 0 fully saturated rings. The zero-order chi connectivity index (χ0) is 25.4. The van der Waals surface area contributed by atoms with Crippen LogP contribution in [-0.4, -0.2) is 29.6 Å². The highest BCUT2D eigenvalue weighted by Gasteiger charge is 2.33. The van der Waals surface area contributed by atoms with Gasteiger partial charge in [0, 0.05) is 28.9 Å². The number of pyridine rings is 1. The molecule has 1 aromatic heterocycles. The minimum absolute atomic E-state index is 0.00593. The number of nitrogens with one attached hydrogen (secondary N) is 1. The van der Waals surface area contributed by atoms with Crippen LogP contribution in [0.3, 0.4) is 0 Å². The average Bonchev–Trinajstić information content (AvgIpc) is 2.90. The van der Waals surface area contributed by atoms with Crippen molar-refractivity contribution < 1.29 is 19.2 Å². The second kappa shape index (κ2) is 9.18. The first kappa shape index (κ1) is 23.1. The fourth-order valence-electron chi connectivity index (χ4n) is 4.45. The molecule has 4 aromatic rings. The largest absolute Gasteiger partial charge is 0.497 e. The maximum atomic E-state index is 12.8. The summed E-state index contributed by atoms with van der Waals surface area (Å²) in [6, 6.07) is 19.6. The lowest BCUT2D eigenvalue weighted by molar-refractivity contribution is -0.384. The standard InChI is InChI=1S/C27H24N4O5/c1-4-36-27(32)23-15-21-16(2)5-14-22-24(21)26(29-23)30(18-10-12-20(35-3)13-11-18)25(28-22)17-6-8-19(9-7-17)31(33)34/h5-15,25,28H,4H2,1-3H3. The molecule has 9 heteroatoms. The molecule has 36 heavy (non-hydrogen) atoms. The number of nitro benzene ring substituents is 1. The van der Waals surface area contributed by atoms with E-state index < -0.39 is 17.1 Å². The van der Waals surface area contributed by atoms with Crippen LogP contribution in [0.2, 0.25) is 0 Å². The number of methoxy groups -OCH3 is 1. The Labute approximate surface area is 207 Å². The number of nitro groups is 1. The van der Waals surface area contributed by atoms with Crippen molar-refractivity contribution in [3.05, 3.63) is 93.7 Å². The van der Waals surface area contributed by atoms with Crippen molar-refractivity contribution in [2.75, 3.05) is 23.9 Å². The van der Waals surface area contributed by atoms with Crippen LogP contribution in [0.4, 0.5) is 22.9 Å². The van der Waals surface area contributed by atoms with Crippen LogP contribution in [-0.2, 0) is 4.74 Å². The zero-order valence-electron chi connectivity index (χ0n) is 20.0. The number of ether oxygens (including phenoxy) is 2. The van der Waals surface area contributed by atoms with Gasteiger partial charge in [0.05, 0.1) is 18.6 Å². The molecular formula is C27H24N4O5. The summed E-state index contributed by atoms with van der Waals surface area (Å²) in [5.41, 5.74) is 3.65. The first-order chi connectivity index (χ1) is 17.4. The van der Waals surface area contributed by atoms with Crippen LogP contribution in [0.25, 0.3) is 10.8 Å². The molecule has 5 rings (SSSR count). The van der Waals surface area contributed by atoms with Gasteiger partial charge in [0.15, 0.2) is 5.69 Å².